The summed E-state index contributed by atoms with van der Waals surface area (Å²) in [7, 11) is 0. The van der Waals surface area contributed by atoms with Crippen molar-refractivity contribution in [3.05, 3.63) is 59.2 Å². The van der Waals surface area contributed by atoms with Crippen LogP contribution >= 0.6 is 11.8 Å². The molecule has 5 nitrogen and oxygen atoms in total. The number of nitrogens with one attached hydrogen (secondary N) is 2. The number of fused-ring (bicyclic) bond motifs is 1. The number of amides is 2. The van der Waals surface area contributed by atoms with Crippen LogP contribution in [0.4, 0.5) is 5.69 Å². The lowest BCUT2D eigenvalue weighted by molar-refractivity contribution is -0.115. The summed E-state index contributed by atoms with van der Waals surface area (Å²) in [5.74, 6) is 0.225. The first-order valence-electron chi connectivity index (χ1n) is 9.10. The number of hydrogen-bond donors (Lipinski definition) is 3. The first kappa shape index (κ1) is 19.5. The second kappa shape index (κ2) is 8.15. The lowest BCUT2D eigenvalue weighted by atomic mass is 9.99. The molecular formula is C21H25N3O2S. The third-order valence-electron chi connectivity index (χ3n) is 4.69. The maximum absolute atomic E-state index is 12.5. The number of carbonyl (C=O) groups is 2. The van der Waals surface area contributed by atoms with E-state index in [-0.39, 0.29) is 23.1 Å². The SMILES string of the molecule is CC1Sc2ccc(C(=O)NCC(N)c3ccc(C(C)C)cc3)cc2NC1=O. The number of benzene rings is 2. The zero-order chi connectivity index (χ0) is 19.6. The van der Waals surface area contributed by atoms with E-state index in [0.29, 0.717) is 23.7 Å². The Kier molecular flexibility index (Phi) is 5.87. The van der Waals surface area contributed by atoms with E-state index in [1.165, 1.54) is 17.3 Å². The van der Waals surface area contributed by atoms with E-state index in [9.17, 15) is 9.59 Å². The van der Waals surface area contributed by atoms with Gasteiger partial charge in [-0.15, -0.1) is 11.8 Å². The fraction of sp³-hybridized carbons (Fsp3) is 0.333. The smallest absolute Gasteiger partial charge is 0.251 e. The van der Waals surface area contributed by atoms with Crippen molar-refractivity contribution >= 4 is 29.3 Å². The third-order valence-corrected chi connectivity index (χ3v) is 5.86. The molecule has 0 aromatic heterocycles. The quantitative estimate of drug-likeness (QED) is 0.735. The van der Waals surface area contributed by atoms with Crippen molar-refractivity contribution in [2.75, 3.05) is 11.9 Å². The molecule has 142 valence electrons. The van der Waals surface area contributed by atoms with Crippen molar-refractivity contribution < 1.29 is 9.59 Å². The zero-order valence-corrected chi connectivity index (χ0v) is 16.6. The highest BCUT2D eigenvalue weighted by molar-refractivity contribution is 8.00. The normalized spacial score (nSPS) is 17.2. The summed E-state index contributed by atoms with van der Waals surface area (Å²) in [4.78, 5) is 25.3. The number of carbonyl (C=O) groups excluding carboxylic acids is 2. The van der Waals surface area contributed by atoms with Gasteiger partial charge in [0.15, 0.2) is 0 Å². The van der Waals surface area contributed by atoms with Crippen LogP contribution in [0.1, 0.15) is 54.2 Å². The summed E-state index contributed by atoms with van der Waals surface area (Å²) in [6.07, 6.45) is 0. The highest BCUT2D eigenvalue weighted by atomic mass is 32.2. The maximum atomic E-state index is 12.5. The van der Waals surface area contributed by atoms with Crippen molar-refractivity contribution in [3.8, 4) is 0 Å². The molecule has 0 saturated carbocycles. The van der Waals surface area contributed by atoms with E-state index in [1.807, 2.05) is 25.1 Å². The van der Waals surface area contributed by atoms with Gasteiger partial charge >= 0.3 is 0 Å². The second-order valence-corrected chi connectivity index (χ2v) is 8.48. The molecule has 1 heterocycles. The molecular weight excluding hydrogens is 358 g/mol. The molecule has 2 aromatic carbocycles. The number of hydrogen-bond acceptors (Lipinski definition) is 4. The topological polar surface area (TPSA) is 84.2 Å². The molecule has 0 spiro atoms. The van der Waals surface area contributed by atoms with E-state index >= 15 is 0 Å². The van der Waals surface area contributed by atoms with Gasteiger partial charge in [0.1, 0.15) is 0 Å². The second-order valence-electron chi connectivity index (χ2n) is 7.10. The van der Waals surface area contributed by atoms with Gasteiger partial charge in [0.05, 0.1) is 10.9 Å². The molecule has 6 heteroatoms. The largest absolute Gasteiger partial charge is 0.350 e. The average molecular weight is 384 g/mol. The maximum Gasteiger partial charge on any atom is 0.251 e. The molecule has 1 aliphatic heterocycles. The van der Waals surface area contributed by atoms with Gasteiger partial charge < -0.3 is 16.4 Å². The number of rotatable bonds is 5. The minimum atomic E-state index is -0.274. The summed E-state index contributed by atoms with van der Waals surface area (Å²) < 4.78 is 0. The van der Waals surface area contributed by atoms with Crippen LogP contribution in [-0.2, 0) is 4.79 Å². The van der Waals surface area contributed by atoms with Crippen molar-refractivity contribution in [2.45, 2.75) is 42.9 Å². The molecule has 0 radical (unpaired) electrons. The van der Waals surface area contributed by atoms with Crippen LogP contribution in [0, 0.1) is 0 Å². The molecule has 2 atom stereocenters. The molecule has 0 fully saturated rings. The van der Waals surface area contributed by atoms with Gasteiger partial charge in [-0.1, -0.05) is 38.1 Å². The number of nitrogens with two attached hydrogens (primary N) is 1. The van der Waals surface area contributed by atoms with Crippen molar-refractivity contribution in [1.82, 2.24) is 5.32 Å². The summed E-state index contributed by atoms with van der Waals surface area (Å²) in [5, 5.41) is 5.60. The lowest BCUT2D eigenvalue weighted by Gasteiger charge is -2.22. The summed E-state index contributed by atoms with van der Waals surface area (Å²) in [6.45, 7) is 6.50. The first-order chi connectivity index (χ1) is 12.8. The monoisotopic (exact) mass is 383 g/mol. The van der Waals surface area contributed by atoms with Gasteiger partial charge in [-0.25, -0.2) is 0 Å². The summed E-state index contributed by atoms with van der Waals surface area (Å²) >= 11 is 1.50. The van der Waals surface area contributed by atoms with Crippen LogP contribution in [0.2, 0.25) is 0 Å². The Hall–Kier alpha value is -2.31. The van der Waals surface area contributed by atoms with Gasteiger partial charge in [-0.2, -0.15) is 0 Å². The molecule has 2 unspecified atom stereocenters. The van der Waals surface area contributed by atoms with Gasteiger partial charge in [-0.05, 0) is 42.2 Å². The van der Waals surface area contributed by atoms with Crippen molar-refractivity contribution in [3.63, 3.8) is 0 Å². The molecule has 0 saturated heterocycles. The predicted molar refractivity (Wildman–Crippen MR) is 110 cm³/mol. The fourth-order valence-corrected chi connectivity index (χ4v) is 3.83. The van der Waals surface area contributed by atoms with Gasteiger partial charge in [0.2, 0.25) is 5.91 Å². The Morgan fingerprint density at radius 3 is 2.52 bits per heavy atom. The zero-order valence-electron chi connectivity index (χ0n) is 15.8. The highest BCUT2D eigenvalue weighted by Crippen LogP contribution is 2.35. The summed E-state index contributed by atoms with van der Waals surface area (Å²) in [6, 6.07) is 13.3. The summed E-state index contributed by atoms with van der Waals surface area (Å²) in [5.41, 5.74) is 9.66. The molecule has 0 bridgehead atoms. The number of thioether (sulfide) groups is 1. The molecule has 3 rings (SSSR count). The van der Waals surface area contributed by atoms with Crippen LogP contribution in [0.3, 0.4) is 0 Å². The van der Waals surface area contributed by atoms with Crippen molar-refractivity contribution in [2.24, 2.45) is 5.73 Å². The molecule has 0 aliphatic carbocycles. The van der Waals surface area contributed by atoms with Crippen molar-refractivity contribution in [1.29, 1.82) is 0 Å². The Labute approximate surface area is 164 Å². The van der Waals surface area contributed by atoms with Gasteiger partial charge in [0, 0.05) is 23.0 Å². The molecule has 2 aromatic rings. The van der Waals surface area contributed by atoms with Crippen LogP contribution in [0.15, 0.2) is 47.4 Å². The predicted octanol–water partition coefficient (Wildman–Crippen LogP) is 3.67. The highest BCUT2D eigenvalue weighted by Gasteiger charge is 2.23. The van der Waals surface area contributed by atoms with Crippen LogP contribution in [-0.4, -0.2) is 23.6 Å². The number of anilines is 1. The van der Waals surface area contributed by atoms with Gasteiger partial charge in [-0.3, -0.25) is 9.59 Å². The standard InChI is InChI=1S/C21H25N3O2S/c1-12(2)14-4-6-15(7-5-14)17(22)11-23-21(26)16-8-9-19-18(10-16)24-20(25)13(3)27-19/h4-10,12-13,17H,11,22H2,1-3H3,(H,23,26)(H,24,25). The van der Waals surface area contributed by atoms with E-state index in [2.05, 4.69) is 36.6 Å². The Morgan fingerprint density at radius 2 is 1.85 bits per heavy atom. The minimum absolute atomic E-state index is 0.0445. The average Bonchev–Trinajstić information content (AvgIpc) is 2.66. The van der Waals surface area contributed by atoms with E-state index in [0.717, 1.165) is 10.5 Å². The van der Waals surface area contributed by atoms with Crippen LogP contribution in [0.25, 0.3) is 0 Å². The van der Waals surface area contributed by atoms with Crippen LogP contribution in [0.5, 0.6) is 0 Å². The Bertz CT molecular complexity index is 849. The third kappa shape index (κ3) is 4.51. The molecule has 1 aliphatic rings. The minimum Gasteiger partial charge on any atom is -0.350 e. The molecule has 2 amide bonds. The Balaban J connectivity index is 1.62. The van der Waals surface area contributed by atoms with E-state index in [4.69, 9.17) is 5.73 Å². The lowest BCUT2D eigenvalue weighted by Crippen LogP contribution is -2.32. The molecule has 4 N–H and O–H groups in total. The Morgan fingerprint density at radius 1 is 1.19 bits per heavy atom. The van der Waals surface area contributed by atoms with Crippen LogP contribution < -0.4 is 16.4 Å². The first-order valence-corrected chi connectivity index (χ1v) is 9.98. The van der Waals surface area contributed by atoms with E-state index in [1.54, 1.807) is 12.1 Å². The van der Waals surface area contributed by atoms with Gasteiger partial charge in [0.25, 0.3) is 5.91 Å². The van der Waals surface area contributed by atoms with E-state index < -0.39 is 0 Å². The fourth-order valence-electron chi connectivity index (χ4n) is 2.90. The molecule has 27 heavy (non-hydrogen) atoms.